The third-order valence-electron chi connectivity index (χ3n) is 7.70. The summed E-state index contributed by atoms with van der Waals surface area (Å²) in [6.07, 6.45) is 7.43. The zero-order chi connectivity index (χ0) is 35.4. The molecular formula is C35H72O12Si. The van der Waals surface area contributed by atoms with Crippen LogP contribution in [0.25, 0.3) is 0 Å². The highest BCUT2D eigenvalue weighted by atomic mass is 28.4. The molecule has 0 bridgehead atoms. The molecule has 0 N–H and O–H groups in total. The van der Waals surface area contributed by atoms with E-state index in [-0.39, 0.29) is 17.6 Å². The summed E-state index contributed by atoms with van der Waals surface area (Å²) in [5.41, 5.74) is 0. The van der Waals surface area contributed by atoms with Crippen molar-refractivity contribution in [2.24, 2.45) is 0 Å². The average molecular weight is 713 g/mol. The fourth-order valence-corrected chi connectivity index (χ4v) is 4.80. The molecule has 0 saturated heterocycles. The molecule has 0 aliphatic heterocycles. The molecule has 0 amide bonds. The van der Waals surface area contributed by atoms with Crippen LogP contribution in [0.2, 0.25) is 18.1 Å². The van der Waals surface area contributed by atoms with Crippen LogP contribution >= 0.6 is 0 Å². The van der Waals surface area contributed by atoms with E-state index < -0.39 is 8.32 Å². The molecular weight excluding hydrogens is 640 g/mol. The largest absolute Gasteiger partial charge is 0.463 e. The van der Waals surface area contributed by atoms with Gasteiger partial charge in [0.05, 0.1) is 126 Å². The van der Waals surface area contributed by atoms with E-state index in [4.69, 9.17) is 51.8 Å². The first-order valence-corrected chi connectivity index (χ1v) is 21.1. The minimum Gasteiger partial charge on any atom is -0.463 e. The van der Waals surface area contributed by atoms with Gasteiger partial charge in [0.15, 0.2) is 8.32 Å². The third kappa shape index (κ3) is 33.8. The highest BCUT2D eigenvalue weighted by molar-refractivity contribution is 6.74. The first-order chi connectivity index (χ1) is 23.2. The Hall–Kier alpha value is -0.713. The summed E-state index contributed by atoms with van der Waals surface area (Å²) < 4.78 is 60.7. The van der Waals surface area contributed by atoms with E-state index in [1.807, 2.05) is 0 Å². The molecule has 0 fully saturated rings. The summed E-state index contributed by atoms with van der Waals surface area (Å²) in [6, 6.07) is 0. The van der Waals surface area contributed by atoms with Gasteiger partial charge in [-0.2, -0.15) is 0 Å². The number of carbonyl (C=O) groups is 1. The average Bonchev–Trinajstić information content (AvgIpc) is 3.04. The van der Waals surface area contributed by atoms with Crippen LogP contribution in [-0.4, -0.2) is 146 Å². The molecule has 13 heteroatoms. The van der Waals surface area contributed by atoms with Crippen molar-refractivity contribution in [2.75, 3.05) is 132 Å². The lowest BCUT2D eigenvalue weighted by Gasteiger charge is -2.36. The predicted octanol–water partition coefficient (Wildman–Crippen LogP) is 5.45. The molecule has 288 valence electrons. The molecule has 48 heavy (non-hydrogen) atoms. The number of hydrogen-bond acceptors (Lipinski definition) is 12. The van der Waals surface area contributed by atoms with Gasteiger partial charge in [0, 0.05) is 6.42 Å². The van der Waals surface area contributed by atoms with Crippen molar-refractivity contribution in [3.05, 3.63) is 0 Å². The molecule has 0 atom stereocenters. The van der Waals surface area contributed by atoms with Crippen LogP contribution < -0.4 is 0 Å². The van der Waals surface area contributed by atoms with Crippen molar-refractivity contribution >= 4 is 14.3 Å². The normalized spacial score (nSPS) is 12.2. The Morgan fingerprint density at radius 1 is 0.438 bits per heavy atom. The van der Waals surface area contributed by atoms with Gasteiger partial charge in [0.1, 0.15) is 6.61 Å². The van der Waals surface area contributed by atoms with Crippen LogP contribution in [-0.2, 0) is 56.6 Å². The van der Waals surface area contributed by atoms with Crippen LogP contribution in [0.15, 0.2) is 0 Å². The Labute approximate surface area is 293 Å². The van der Waals surface area contributed by atoms with Crippen molar-refractivity contribution in [3.8, 4) is 0 Å². The summed E-state index contributed by atoms with van der Waals surface area (Å²) in [5, 5.41) is 0.216. The molecule has 0 rings (SSSR count). The van der Waals surface area contributed by atoms with Gasteiger partial charge in [-0.1, -0.05) is 59.8 Å². The topological polar surface area (TPSA) is 119 Å². The standard InChI is InChI=1S/C35H72O12Si/c1-7-8-9-10-11-12-13-34(36)46-32-30-44-28-26-42-24-22-40-20-18-38-16-14-37-15-17-39-19-21-41-23-25-43-27-29-45-31-33-47-48(5,6)35(2,3)4/h7-33H2,1-6H3. The van der Waals surface area contributed by atoms with Crippen molar-refractivity contribution in [1.82, 2.24) is 0 Å². The second kappa shape index (κ2) is 34.7. The molecule has 0 aromatic rings. The monoisotopic (exact) mass is 712 g/mol. The van der Waals surface area contributed by atoms with Crippen molar-refractivity contribution < 1.29 is 56.6 Å². The number of carbonyl (C=O) groups excluding carboxylic acids is 1. The zero-order valence-electron chi connectivity index (χ0n) is 31.5. The van der Waals surface area contributed by atoms with E-state index >= 15 is 0 Å². The molecule has 0 heterocycles. The lowest BCUT2D eigenvalue weighted by molar-refractivity contribution is -0.145. The summed E-state index contributed by atoms with van der Waals surface area (Å²) >= 11 is 0. The second-order valence-electron chi connectivity index (χ2n) is 12.9. The summed E-state index contributed by atoms with van der Waals surface area (Å²) in [6.45, 7) is 23.4. The van der Waals surface area contributed by atoms with Crippen molar-refractivity contribution in [3.63, 3.8) is 0 Å². The van der Waals surface area contributed by atoms with Crippen LogP contribution in [0.5, 0.6) is 0 Å². The SMILES string of the molecule is CCCCCCCCC(=O)OCCOCCOCCOCCOCCOCCOCCOCCOCCOCCO[Si](C)(C)C(C)(C)C. The lowest BCUT2D eigenvalue weighted by Crippen LogP contribution is -2.41. The molecule has 0 aromatic heterocycles. The third-order valence-corrected chi connectivity index (χ3v) is 12.2. The molecule has 0 unspecified atom stereocenters. The van der Waals surface area contributed by atoms with E-state index in [0.717, 1.165) is 12.8 Å². The quantitative estimate of drug-likeness (QED) is 0.0460. The maximum Gasteiger partial charge on any atom is 0.305 e. The fourth-order valence-electron chi connectivity index (χ4n) is 3.77. The smallest absolute Gasteiger partial charge is 0.305 e. The second-order valence-corrected chi connectivity index (χ2v) is 17.7. The summed E-state index contributed by atoms with van der Waals surface area (Å²) in [5.74, 6) is -0.142. The Kier molecular flexibility index (Phi) is 34.2. The predicted molar refractivity (Wildman–Crippen MR) is 189 cm³/mol. The first-order valence-electron chi connectivity index (χ1n) is 18.2. The number of unbranched alkanes of at least 4 members (excludes halogenated alkanes) is 5. The number of ether oxygens (including phenoxy) is 10. The van der Waals surface area contributed by atoms with E-state index in [1.54, 1.807) is 0 Å². The fraction of sp³-hybridized carbons (Fsp3) is 0.971. The van der Waals surface area contributed by atoms with Gasteiger partial charge in [-0.15, -0.1) is 0 Å². The number of hydrogen-bond donors (Lipinski definition) is 0. The Balaban J connectivity index is 3.16. The van der Waals surface area contributed by atoms with Gasteiger partial charge in [-0.3, -0.25) is 4.79 Å². The lowest BCUT2D eigenvalue weighted by atomic mass is 10.1. The van der Waals surface area contributed by atoms with E-state index in [9.17, 15) is 4.79 Å². The van der Waals surface area contributed by atoms with Crippen LogP contribution in [0.4, 0.5) is 0 Å². The van der Waals surface area contributed by atoms with Crippen LogP contribution in [0, 0.1) is 0 Å². The zero-order valence-corrected chi connectivity index (χ0v) is 32.5. The Bertz CT molecular complexity index is 678. The molecule has 0 radical (unpaired) electrons. The Morgan fingerprint density at radius 2 is 0.729 bits per heavy atom. The van der Waals surface area contributed by atoms with Crippen molar-refractivity contribution in [2.45, 2.75) is 90.8 Å². The van der Waals surface area contributed by atoms with Gasteiger partial charge in [-0.05, 0) is 24.6 Å². The first kappa shape index (κ1) is 47.3. The highest BCUT2D eigenvalue weighted by Gasteiger charge is 2.36. The molecule has 0 aliphatic carbocycles. The maximum atomic E-state index is 11.7. The Morgan fingerprint density at radius 3 is 1.06 bits per heavy atom. The van der Waals surface area contributed by atoms with Gasteiger partial charge in [0.25, 0.3) is 0 Å². The molecule has 0 aliphatic rings. The van der Waals surface area contributed by atoms with E-state index in [2.05, 4.69) is 40.8 Å². The van der Waals surface area contributed by atoms with E-state index in [1.165, 1.54) is 25.7 Å². The van der Waals surface area contributed by atoms with Gasteiger partial charge in [0.2, 0.25) is 0 Å². The molecule has 0 spiro atoms. The summed E-state index contributed by atoms with van der Waals surface area (Å²) in [7, 11) is -1.70. The minimum absolute atomic E-state index is 0.142. The van der Waals surface area contributed by atoms with E-state index in [0.29, 0.717) is 132 Å². The van der Waals surface area contributed by atoms with Gasteiger partial charge >= 0.3 is 5.97 Å². The molecule has 12 nitrogen and oxygen atoms in total. The summed E-state index contributed by atoms with van der Waals surface area (Å²) in [4.78, 5) is 11.7. The van der Waals surface area contributed by atoms with Gasteiger partial charge in [-0.25, -0.2) is 0 Å². The minimum atomic E-state index is -1.70. The van der Waals surface area contributed by atoms with Crippen LogP contribution in [0.1, 0.15) is 72.6 Å². The number of rotatable bonds is 38. The number of esters is 1. The van der Waals surface area contributed by atoms with Crippen molar-refractivity contribution in [1.29, 1.82) is 0 Å². The maximum absolute atomic E-state index is 11.7. The highest BCUT2D eigenvalue weighted by Crippen LogP contribution is 2.36. The van der Waals surface area contributed by atoms with Crippen LogP contribution in [0.3, 0.4) is 0 Å². The van der Waals surface area contributed by atoms with Gasteiger partial charge < -0.3 is 51.8 Å². The molecule has 0 aromatic carbocycles. The molecule has 0 saturated carbocycles.